The van der Waals surface area contributed by atoms with Gasteiger partial charge in [0.1, 0.15) is 5.82 Å². The molecule has 1 aromatic rings. The van der Waals surface area contributed by atoms with E-state index in [0.29, 0.717) is 5.69 Å². The molecule has 88 valence electrons. The molecule has 3 nitrogen and oxygen atoms in total. The van der Waals surface area contributed by atoms with Crippen molar-refractivity contribution in [2.45, 2.75) is 19.4 Å². The molecule has 0 saturated carbocycles. The minimum absolute atomic E-state index is 0.0332. The number of carbonyl (C=O) groups is 1. The summed E-state index contributed by atoms with van der Waals surface area (Å²) in [6, 6.07) is 4.14. The number of nitrogens with one attached hydrogen (secondary N) is 2. The van der Waals surface area contributed by atoms with Crippen LogP contribution in [0.3, 0.4) is 0 Å². The molecule has 1 rings (SSSR count). The van der Waals surface area contributed by atoms with Crippen LogP contribution in [0.4, 0.5) is 10.1 Å². The van der Waals surface area contributed by atoms with E-state index >= 15 is 0 Å². The molecule has 0 saturated heterocycles. The van der Waals surface area contributed by atoms with Gasteiger partial charge in [-0.05, 0) is 39.1 Å². The van der Waals surface area contributed by atoms with Crippen LogP contribution in [-0.4, -0.2) is 18.5 Å². The first-order chi connectivity index (χ1) is 7.36. The summed E-state index contributed by atoms with van der Waals surface area (Å²) in [5, 5.41) is 5.49. The predicted octanol–water partition coefficient (Wildman–Crippen LogP) is 2.42. The van der Waals surface area contributed by atoms with Gasteiger partial charge in [0.2, 0.25) is 5.91 Å². The monoisotopic (exact) mass is 244 g/mol. The molecule has 0 spiro atoms. The van der Waals surface area contributed by atoms with E-state index in [-0.39, 0.29) is 10.9 Å². The molecule has 0 heterocycles. The number of benzene rings is 1. The van der Waals surface area contributed by atoms with Crippen LogP contribution in [0.2, 0.25) is 5.02 Å². The van der Waals surface area contributed by atoms with Gasteiger partial charge in [0.05, 0.1) is 10.6 Å². The van der Waals surface area contributed by atoms with E-state index in [1.54, 1.807) is 27.0 Å². The van der Waals surface area contributed by atoms with Crippen LogP contribution in [0.15, 0.2) is 18.2 Å². The van der Waals surface area contributed by atoms with Crippen molar-refractivity contribution in [3.05, 3.63) is 29.0 Å². The quantitative estimate of drug-likeness (QED) is 0.857. The molecule has 0 aliphatic heterocycles. The van der Waals surface area contributed by atoms with E-state index < -0.39 is 11.4 Å². The SMILES string of the molecule is CNC(C)(C)C(=O)Nc1ccc(Cl)c(F)c1. The Labute approximate surface area is 99.0 Å². The highest BCUT2D eigenvalue weighted by molar-refractivity contribution is 6.30. The molecule has 2 N–H and O–H groups in total. The molecule has 0 atom stereocenters. The molecule has 0 aromatic heterocycles. The molecule has 0 radical (unpaired) electrons. The first kappa shape index (κ1) is 12.9. The smallest absolute Gasteiger partial charge is 0.244 e. The van der Waals surface area contributed by atoms with Crippen molar-refractivity contribution in [2.75, 3.05) is 12.4 Å². The average Bonchev–Trinajstić information content (AvgIpc) is 2.23. The fourth-order valence-electron chi connectivity index (χ4n) is 0.975. The summed E-state index contributed by atoms with van der Waals surface area (Å²) in [7, 11) is 1.68. The van der Waals surface area contributed by atoms with Crippen LogP contribution in [0, 0.1) is 5.82 Å². The van der Waals surface area contributed by atoms with Crippen molar-refractivity contribution in [1.82, 2.24) is 5.32 Å². The van der Waals surface area contributed by atoms with Gasteiger partial charge >= 0.3 is 0 Å². The number of anilines is 1. The zero-order chi connectivity index (χ0) is 12.3. The maximum Gasteiger partial charge on any atom is 0.244 e. The van der Waals surface area contributed by atoms with Crippen molar-refractivity contribution < 1.29 is 9.18 Å². The third-order valence-electron chi connectivity index (χ3n) is 2.37. The lowest BCUT2D eigenvalue weighted by atomic mass is 10.1. The molecule has 0 unspecified atom stereocenters. The topological polar surface area (TPSA) is 41.1 Å². The highest BCUT2D eigenvalue weighted by atomic mass is 35.5. The zero-order valence-corrected chi connectivity index (χ0v) is 10.2. The summed E-state index contributed by atoms with van der Waals surface area (Å²) in [6.45, 7) is 3.46. The molecule has 0 fully saturated rings. The molecule has 16 heavy (non-hydrogen) atoms. The molecule has 0 bridgehead atoms. The maximum atomic E-state index is 13.1. The predicted molar refractivity (Wildman–Crippen MR) is 63.2 cm³/mol. The van der Waals surface area contributed by atoms with Crippen LogP contribution in [0.25, 0.3) is 0 Å². The molecule has 0 aliphatic carbocycles. The minimum Gasteiger partial charge on any atom is -0.324 e. The Morgan fingerprint density at radius 1 is 1.44 bits per heavy atom. The Bertz CT molecular complexity index is 407. The van der Waals surface area contributed by atoms with E-state index in [9.17, 15) is 9.18 Å². The summed E-state index contributed by atoms with van der Waals surface area (Å²) in [4.78, 5) is 11.7. The second-order valence-electron chi connectivity index (χ2n) is 3.96. The van der Waals surface area contributed by atoms with Gasteiger partial charge in [-0.15, -0.1) is 0 Å². The lowest BCUT2D eigenvalue weighted by Crippen LogP contribution is -2.47. The lowest BCUT2D eigenvalue weighted by Gasteiger charge is -2.22. The summed E-state index contributed by atoms with van der Waals surface area (Å²) in [5.74, 6) is -0.793. The van der Waals surface area contributed by atoms with E-state index in [1.165, 1.54) is 12.1 Å². The van der Waals surface area contributed by atoms with Gasteiger partial charge in [-0.25, -0.2) is 4.39 Å². The average molecular weight is 245 g/mol. The molecular formula is C11H14ClFN2O. The number of carbonyl (C=O) groups excluding carboxylic acids is 1. The number of halogens is 2. The molecule has 5 heteroatoms. The highest BCUT2D eigenvalue weighted by Crippen LogP contribution is 2.19. The van der Waals surface area contributed by atoms with Crippen LogP contribution < -0.4 is 10.6 Å². The minimum atomic E-state index is -0.712. The lowest BCUT2D eigenvalue weighted by molar-refractivity contribution is -0.121. The molecule has 0 aliphatic rings. The Balaban J connectivity index is 2.82. The van der Waals surface area contributed by atoms with E-state index in [0.717, 1.165) is 0 Å². The van der Waals surface area contributed by atoms with Crippen LogP contribution in [0.1, 0.15) is 13.8 Å². The summed E-state index contributed by atoms with van der Waals surface area (Å²) in [6.07, 6.45) is 0. The van der Waals surface area contributed by atoms with Crippen molar-refractivity contribution in [1.29, 1.82) is 0 Å². The maximum absolute atomic E-state index is 13.1. The van der Waals surface area contributed by atoms with Crippen molar-refractivity contribution in [2.24, 2.45) is 0 Å². The van der Waals surface area contributed by atoms with E-state index in [4.69, 9.17) is 11.6 Å². The third kappa shape index (κ3) is 2.93. The second-order valence-corrected chi connectivity index (χ2v) is 4.37. The molecular weight excluding hydrogens is 231 g/mol. The fourth-order valence-corrected chi connectivity index (χ4v) is 1.09. The third-order valence-corrected chi connectivity index (χ3v) is 2.68. The number of hydrogen-bond donors (Lipinski definition) is 2. The zero-order valence-electron chi connectivity index (χ0n) is 9.40. The van der Waals surface area contributed by atoms with Gasteiger partial charge in [-0.1, -0.05) is 11.6 Å². The Morgan fingerprint density at radius 3 is 2.56 bits per heavy atom. The molecule has 1 amide bonds. The first-order valence-electron chi connectivity index (χ1n) is 4.82. The standard InChI is InChI=1S/C11H14ClFN2O/c1-11(2,14-3)10(16)15-7-4-5-8(12)9(13)6-7/h4-6,14H,1-3H3,(H,15,16). The number of likely N-dealkylation sites (N-methyl/N-ethyl adjacent to an activating group) is 1. The van der Waals surface area contributed by atoms with Gasteiger partial charge in [0, 0.05) is 5.69 Å². The van der Waals surface area contributed by atoms with Crippen molar-refractivity contribution >= 4 is 23.2 Å². The highest BCUT2D eigenvalue weighted by Gasteiger charge is 2.25. The fraction of sp³-hybridized carbons (Fsp3) is 0.364. The second kappa shape index (κ2) is 4.80. The largest absolute Gasteiger partial charge is 0.324 e. The van der Waals surface area contributed by atoms with E-state index in [1.807, 2.05) is 0 Å². The first-order valence-corrected chi connectivity index (χ1v) is 5.20. The van der Waals surface area contributed by atoms with Gasteiger partial charge in [-0.2, -0.15) is 0 Å². The normalized spacial score (nSPS) is 11.3. The van der Waals surface area contributed by atoms with Crippen LogP contribution >= 0.6 is 11.6 Å². The molecule has 1 aromatic carbocycles. The number of rotatable bonds is 3. The van der Waals surface area contributed by atoms with Crippen LogP contribution in [0.5, 0.6) is 0 Å². The Hall–Kier alpha value is -1.13. The van der Waals surface area contributed by atoms with Crippen molar-refractivity contribution in [3.8, 4) is 0 Å². The Kier molecular flexibility index (Phi) is 3.88. The van der Waals surface area contributed by atoms with Crippen molar-refractivity contribution in [3.63, 3.8) is 0 Å². The summed E-state index contributed by atoms with van der Waals surface area (Å²) in [5.41, 5.74) is -0.328. The Morgan fingerprint density at radius 2 is 2.06 bits per heavy atom. The van der Waals surface area contributed by atoms with Gasteiger partial charge in [0.25, 0.3) is 0 Å². The summed E-state index contributed by atoms with van der Waals surface area (Å²) < 4.78 is 13.1. The van der Waals surface area contributed by atoms with Gasteiger partial charge in [0.15, 0.2) is 0 Å². The summed E-state index contributed by atoms with van der Waals surface area (Å²) >= 11 is 5.53. The van der Waals surface area contributed by atoms with Crippen LogP contribution in [-0.2, 0) is 4.79 Å². The van der Waals surface area contributed by atoms with Gasteiger partial charge in [-0.3, -0.25) is 4.79 Å². The number of hydrogen-bond acceptors (Lipinski definition) is 2. The number of amides is 1. The van der Waals surface area contributed by atoms with Gasteiger partial charge < -0.3 is 10.6 Å². The van der Waals surface area contributed by atoms with E-state index in [2.05, 4.69) is 10.6 Å².